The van der Waals surface area contributed by atoms with Gasteiger partial charge in [0.15, 0.2) is 11.6 Å². The molecule has 2 atom stereocenters. The molecule has 5 nitrogen and oxygen atoms in total. The molecular formula is C14H21N5. The van der Waals surface area contributed by atoms with Gasteiger partial charge in [0.2, 0.25) is 0 Å². The molecular weight excluding hydrogens is 238 g/mol. The summed E-state index contributed by atoms with van der Waals surface area (Å²) in [5.41, 5.74) is 1.07. The predicted octanol–water partition coefficient (Wildman–Crippen LogP) is 2.28. The van der Waals surface area contributed by atoms with Crippen molar-refractivity contribution in [1.29, 1.82) is 0 Å². The van der Waals surface area contributed by atoms with Crippen LogP contribution in [0, 0.1) is 6.92 Å². The van der Waals surface area contributed by atoms with Crippen molar-refractivity contribution >= 4 is 0 Å². The van der Waals surface area contributed by atoms with Crippen LogP contribution in [-0.4, -0.2) is 32.1 Å². The van der Waals surface area contributed by atoms with Crippen LogP contribution in [0.5, 0.6) is 0 Å². The van der Waals surface area contributed by atoms with Crippen LogP contribution in [0.1, 0.15) is 37.9 Å². The van der Waals surface area contributed by atoms with Crippen molar-refractivity contribution in [3.8, 4) is 11.6 Å². The van der Waals surface area contributed by atoms with E-state index in [1.807, 2.05) is 19.3 Å². The maximum atomic E-state index is 4.47. The number of aromatic nitrogens is 4. The van der Waals surface area contributed by atoms with Gasteiger partial charge < -0.3 is 14.9 Å². The lowest BCUT2D eigenvalue weighted by molar-refractivity contribution is 0.297. The molecule has 0 unspecified atom stereocenters. The molecule has 0 aromatic carbocycles. The summed E-state index contributed by atoms with van der Waals surface area (Å²) >= 11 is 0. The Kier molecular flexibility index (Phi) is 3.38. The first kappa shape index (κ1) is 12.4. The van der Waals surface area contributed by atoms with Crippen molar-refractivity contribution in [1.82, 2.24) is 24.8 Å². The van der Waals surface area contributed by atoms with Crippen LogP contribution in [0.15, 0.2) is 18.6 Å². The molecule has 5 heteroatoms. The minimum absolute atomic E-state index is 0.522. The first-order valence-electron chi connectivity index (χ1n) is 7.06. The van der Waals surface area contributed by atoms with Crippen LogP contribution >= 0.6 is 0 Å². The highest BCUT2D eigenvalue weighted by Crippen LogP contribution is 2.27. The van der Waals surface area contributed by atoms with Crippen molar-refractivity contribution in [3.05, 3.63) is 24.3 Å². The topological polar surface area (TPSA) is 58.5 Å². The number of nitrogens with zero attached hydrogens (tertiary/aromatic N) is 3. The van der Waals surface area contributed by atoms with E-state index in [0.29, 0.717) is 12.1 Å². The van der Waals surface area contributed by atoms with Crippen molar-refractivity contribution in [2.75, 3.05) is 6.54 Å². The van der Waals surface area contributed by atoms with E-state index >= 15 is 0 Å². The highest BCUT2D eigenvalue weighted by Gasteiger charge is 2.24. The highest BCUT2D eigenvalue weighted by atomic mass is 15.1. The average Bonchev–Trinajstić information content (AvgIpc) is 3.07. The van der Waals surface area contributed by atoms with Crippen LogP contribution in [0.25, 0.3) is 11.6 Å². The number of hydrogen-bond acceptors (Lipinski definition) is 3. The van der Waals surface area contributed by atoms with Gasteiger partial charge >= 0.3 is 0 Å². The third kappa shape index (κ3) is 2.42. The molecule has 0 amide bonds. The van der Waals surface area contributed by atoms with Gasteiger partial charge in [-0.15, -0.1) is 0 Å². The van der Waals surface area contributed by atoms with Gasteiger partial charge in [-0.1, -0.05) is 6.92 Å². The number of imidazole rings is 2. The largest absolute Gasteiger partial charge is 0.340 e. The summed E-state index contributed by atoms with van der Waals surface area (Å²) in [5, 5.41) is 3.57. The third-order valence-corrected chi connectivity index (χ3v) is 3.94. The summed E-state index contributed by atoms with van der Waals surface area (Å²) in [6, 6.07) is 1.14. The standard InChI is InChI=1S/C14H21N5/c1-3-11-8-12(4-5-15-11)19-7-6-16-14(19)13-17-9-10(2)18-13/h6-7,9,11-12,15H,3-5,8H2,1-2H3,(H,17,18)/t11-,12+/m0/s1. The maximum absolute atomic E-state index is 4.47. The lowest BCUT2D eigenvalue weighted by atomic mass is 9.97. The smallest absolute Gasteiger partial charge is 0.176 e. The molecule has 2 aromatic rings. The quantitative estimate of drug-likeness (QED) is 0.889. The summed E-state index contributed by atoms with van der Waals surface area (Å²) in [6.07, 6.45) is 9.30. The number of H-pyrrole nitrogens is 1. The van der Waals surface area contributed by atoms with Crippen LogP contribution in [0.4, 0.5) is 0 Å². The summed E-state index contributed by atoms with van der Waals surface area (Å²) in [6.45, 7) is 5.34. The van der Waals surface area contributed by atoms with Crippen LogP contribution < -0.4 is 5.32 Å². The SMILES string of the molecule is CC[C@H]1C[C@H](n2ccnc2-c2ncc(C)[nH]2)CCN1. The highest BCUT2D eigenvalue weighted by molar-refractivity contribution is 5.44. The second kappa shape index (κ2) is 5.17. The molecule has 2 N–H and O–H groups in total. The van der Waals surface area contributed by atoms with Gasteiger partial charge in [-0.2, -0.15) is 0 Å². The normalized spacial score (nSPS) is 23.7. The molecule has 1 fully saturated rings. The molecule has 0 aliphatic carbocycles. The molecule has 19 heavy (non-hydrogen) atoms. The minimum atomic E-state index is 0.522. The van der Waals surface area contributed by atoms with E-state index in [0.717, 1.165) is 30.3 Å². The van der Waals surface area contributed by atoms with Crippen molar-refractivity contribution in [2.45, 2.75) is 45.2 Å². The van der Waals surface area contributed by atoms with Crippen molar-refractivity contribution in [3.63, 3.8) is 0 Å². The van der Waals surface area contributed by atoms with Gasteiger partial charge in [0, 0.05) is 36.4 Å². The van der Waals surface area contributed by atoms with E-state index in [4.69, 9.17) is 0 Å². The minimum Gasteiger partial charge on any atom is -0.340 e. The molecule has 102 valence electrons. The van der Waals surface area contributed by atoms with Crippen LogP contribution in [0.3, 0.4) is 0 Å². The fourth-order valence-corrected chi connectivity index (χ4v) is 2.86. The van der Waals surface area contributed by atoms with Gasteiger partial charge in [0.05, 0.1) is 0 Å². The van der Waals surface area contributed by atoms with Crippen molar-refractivity contribution < 1.29 is 0 Å². The molecule has 3 heterocycles. The number of nitrogens with one attached hydrogen (secondary N) is 2. The number of hydrogen-bond donors (Lipinski definition) is 2. The average molecular weight is 259 g/mol. The molecule has 0 spiro atoms. The molecule has 1 aliphatic rings. The van der Waals surface area contributed by atoms with E-state index in [9.17, 15) is 0 Å². The Morgan fingerprint density at radius 2 is 2.32 bits per heavy atom. The molecule has 2 aromatic heterocycles. The Morgan fingerprint density at radius 3 is 3.05 bits per heavy atom. The Labute approximate surface area is 113 Å². The van der Waals surface area contributed by atoms with E-state index in [2.05, 4.69) is 38.0 Å². The van der Waals surface area contributed by atoms with Gasteiger partial charge in [0.1, 0.15) is 0 Å². The summed E-state index contributed by atoms with van der Waals surface area (Å²) in [4.78, 5) is 12.1. The first-order valence-corrected chi connectivity index (χ1v) is 7.06. The number of aryl methyl sites for hydroxylation is 1. The fraction of sp³-hybridized carbons (Fsp3) is 0.571. The molecule has 3 rings (SSSR count). The summed E-state index contributed by atoms with van der Waals surface area (Å²) in [5.74, 6) is 1.82. The Hall–Kier alpha value is -1.62. The fourth-order valence-electron chi connectivity index (χ4n) is 2.86. The Bertz CT molecular complexity index is 542. The van der Waals surface area contributed by atoms with E-state index in [-0.39, 0.29) is 0 Å². The molecule has 0 saturated carbocycles. The van der Waals surface area contributed by atoms with Crippen molar-refractivity contribution in [2.24, 2.45) is 0 Å². The second-order valence-corrected chi connectivity index (χ2v) is 5.31. The zero-order valence-corrected chi connectivity index (χ0v) is 11.6. The van der Waals surface area contributed by atoms with Gasteiger partial charge in [0.25, 0.3) is 0 Å². The van der Waals surface area contributed by atoms with E-state index in [1.54, 1.807) is 0 Å². The monoisotopic (exact) mass is 259 g/mol. The van der Waals surface area contributed by atoms with E-state index < -0.39 is 0 Å². The Balaban J connectivity index is 1.87. The van der Waals surface area contributed by atoms with Gasteiger partial charge in [-0.05, 0) is 32.7 Å². The predicted molar refractivity (Wildman–Crippen MR) is 74.9 cm³/mol. The van der Waals surface area contributed by atoms with E-state index in [1.165, 1.54) is 12.8 Å². The van der Waals surface area contributed by atoms with Gasteiger partial charge in [-0.3, -0.25) is 0 Å². The lowest BCUT2D eigenvalue weighted by Gasteiger charge is -2.31. The number of rotatable bonds is 3. The first-order chi connectivity index (χ1) is 9.28. The van der Waals surface area contributed by atoms with Crippen LogP contribution in [-0.2, 0) is 0 Å². The number of piperidine rings is 1. The summed E-state index contributed by atoms with van der Waals surface area (Å²) in [7, 11) is 0. The van der Waals surface area contributed by atoms with Crippen LogP contribution in [0.2, 0.25) is 0 Å². The van der Waals surface area contributed by atoms with Gasteiger partial charge in [-0.25, -0.2) is 9.97 Å². The maximum Gasteiger partial charge on any atom is 0.176 e. The third-order valence-electron chi connectivity index (χ3n) is 3.94. The Morgan fingerprint density at radius 1 is 1.42 bits per heavy atom. The molecule has 1 saturated heterocycles. The molecule has 0 bridgehead atoms. The summed E-state index contributed by atoms with van der Waals surface area (Å²) < 4.78 is 2.28. The molecule has 1 aliphatic heterocycles. The zero-order chi connectivity index (χ0) is 13.2. The zero-order valence-electron chi connectivity index (χ0n) is 11.6. The second-order valence-electron chi connectivity index (χ2n) is 5.31. The lowest BCUT2D eigenvalue weighted by Crippen LogP contribution is -2.38. The number of aromatic amines is 1. The molecule has 0 radical (unpaired) electrons.